The van der Waals surface area contributed by atoms with Gasteiger partial charge in [-0.3, -0.25) is 14.3 Å². The second-order valence-corrected chi connectivity index (χ2v) is 8.00. The molecule has 1 amide bonds. The molecule has 6 nitrogen and oxygen atoms in total. The van der Waals surface area contributed by atoms with Gasteiger partial charge in [0.2, 0.25) is 0 Å². The summed E-state index contributed by atoms with van der Waals surface area (Å²) in [4.78, 5) is 30.2. The molecule has 1 saturated heterocycles. The number of nitrogens with zero attached hydrogens (tertiary/aromatic N) is 3. The number of amides is 1. The third-order valence-electron chi connectivity index (χ3n) is 4.48. The molecule has 27 heavy (non-hydrogen) atoms. The van der Waals surface area contributed by atoms with Gasteiger partial charge in [-0.15, -0.1) is 0 Å². The largest absolute Gasteiger partial charge is 0.307 e. The van der Waals surface area contributed by atoms with Crippen molar-refractivity contribution in [3.63, 3.8) is 0 Å². The fourth-order valence-corrected chi connectivity index (χ4v) is 4.30. The molecule has 1 aliphatic rings. The summed E-state index contributed by atoms with van der Waals surface area (Å²) < 4.78 is 3.85. The normalized spacial score (nSPS) is 15.7. The van der Waals surface area contributed by atoms with E-state index in [9.17, 15) is 9.59 Å². The van der Waals surface area contributed by atoms with Gasteiger partial charge in [0.15, 0.2) is 0 Å². The standard InChI is InChI=1S/C19H16N4O2S2/c1-10-8-13(9-16-17(24)21-19(26)27-16)11(2)22(10)23-12(3)20-15-7-5-4-6-14(15)18(23)25/h4-9H,1-3H3,(H,21,24,26). The summed E-state index contributed by atoms with van der Waals surface area (Å²) in [5.41, 5.74) is 3.11. The van der Waals surface area contributed by atoms with Gasteiger partial charge in [-0.05, 0) is 50.6 Å². The topological polar surface area (TPSA) is 68.9 Å². The van der Waals surface area contributed by atoms with Crippen molar-refractivity contribution in [2.24, 2.45) is 0 Å². The number of carbonyl (C=O) groups excluding carboxylic acids is 1. The summed E-state index contributed by atoms with van der Waals surface area (Å²) in [5, 5.41) is 3.17. The molecule has 4 rings (SSSR count). The zero-order valence-corrected chi connectivity index (χ0v) is 16.6. The Morgan fingerprint density at radius 3 is 2.59 bits per heavy atom. The Hall–Kier alpha value is -2.71. The van der Waals surface area contributed by atoms with Crippen LogP contribution in [0, 0.1) is 20.8 Å². The van der Waals surface area contributed by atoms with Crippen LogP contribution >= 0.6 is 24.0 Å². The van der Waals surface area contributed by atoms with Crippen molar-refractivity contribution < 1.29 is 4.79 Å². The Balaban J connectivity index is 1.92. The fraction of sp³-hybridized carbons (Fsp3) is 0.158. The van der Waals surface area contributed by atoms with E-state index in [1.54, 1.807) is 16.8 Å². The second kappa shape index (κ2) is 6.47. The molecule has 1 fully saturated rings. The van der Waals surface area contributed by atoms with Crippen LogP contribution in [0.5, 0.6) is 0 Å². The van der Waals surface area contributed by atoms with E-state index in [2.05, 4.69) is 10.3 Å². The molecule has 136 valence electrons. The molecule has 3 heterocycles. The van der Waals surface area contributed by atoms with Crippen LogP contribution in [0.1, 0.15) is 22.8 Å². The Bertz CT molecular complexity index is 1220. The molecule has 0 spiro atoms. The van der Waals surface area contributed by atoms with Gasteiger partial charge in [0.1, 0.15) is 10.1 Å². The number of hydrogen-bond acceptors (Lipinski definition) is 5. The van der Waals surface area contributed by atoms with Crippen LogP contribution in [0.25, 0.3) is 17.0 Å². The molecule has 3 aromatic rings. The second-order valence-electron chi connectivity index (χ2n) is 6.28. The lowest BCUT2D eigenvalue weighted by molar-refractivity contribution is -0.115. The van der Waals surface area contributed by atoms with Gasteiger partial charge in [0.25, 0.3) is 11.5 Å². The van der Waals surface area contributed by atoms with Crippen molar-refractivity contribution in [1.29, 1.82) is 0 Å². The molecule has 0 bridgehead atoms. The van der Waals surface area contributed by atoms with Crippen LogP contribution < -0.4 is 10.9 Å². The van der Waals surface area contributed by atoms with Crippen molar-refractivity contribution in [1.82, 2.24) is 19.7 Å². The van der Waals surface area contributed by atoms with Crippen LogP contribution in [-0.2, 0) is 4.79 Å². The number of para-hydroxylation sites is 1. The zero-order chi connectivity index (χ0) is 19.3. The average molecular weight is 396 g/mol. The van der Waals surface area contributed by atoms with E-state index < -0.39 is 0 Å². The Kier molecular flexibility index (Phi) is 4.24. The summed E-state index contributed by atoms with van der Waals surface area (Å²) in [6.45, 7) is 5.64. The quantitative estimate of drug-likeness (QED) is 0.533. The Morgan fingerprint density at radius 2 is 1.89 bits per heavy atom. The fourth-order valence-electron chi connectivity index (χ4n) is 3.26. The van der Waals surface area contributed by atoms with Gasteiger partial charge < -0.3 is 5.32 Å². The van der Waals surface area contributed by atoms with Crippen molar-refractivity contribution in [2.45, 2.75) is 20.8 Å². The van der Waals surface area contributed by atoms with E-state index >= 15 is 0 Å². The smallest absolute Gasteiger partial charge is 0.280 e. The number of hydrogen-bond donors (Lipinski definition) is 1. The molecule has 8 heteroatoms. The van der Waals surface area contributed by atoms with E-state index in [-0.39, 0.29) is 11.5 Å². The summed E-state index contributed by atoms with van der Waals surface area (Å²) in [6.07, 6.45) is 1.80. The first kappa shape index (κ1) is 17.7. The minimum atomic E-state index is -0.199. The first-order chi connectivity index (χ1) is 12.9. The van der Waals surface area contributed by atoms with Gasteiger partial charge in [0, 0.05) is 11.4 Å². The van der Waals surface area contributed by atoms with Gasteiger partial charge in [-0.1, -0.05) is 36.1 Å². The lowest BCUT2D eigenvalue weighted by Gasteiger charge is -2.16. The van der Waals surface area contributed by atoms with Crippen LogP contribution in [0.2, 0.25) is 0 Å². The highest BCUT2D eigenvalue weighted by atomic mass is 32.2. The number of aryl methyl sites for hydroxylation is 2. The SMILES string of the molecule is Cc1cc(C=C2SC(=S)NC2=O)c(C)n1-n1c(C)nc2ccccc2c1=O. The molecule has 1 aliphatic heterocycles. The van der Waals surface area contributed by atoms with Crippen molar-refractivity contribution in [3.8, 4) is 0 Å². The number of thioether (sulfide) groups is 1. The maximum Gasteiger partial charge on any atom is 0.280 e. The zero-order valence-electron chi connectivity index (χ0n) is 14.9. The lowest BCUT2D eigenvalue weighted by Crippen LogP contribution is -2.30. The minimum Gasteiger partial charge on any atom is -0.307 e. The molecule has 0 radical (unpaired) electrons. The summed E-state index contributed by atoms with van der Waals surface area (Å²) in [5.74, 6) is 0.393. The number of nitrogens with one attached hydrogen (secondary N) is 1. The summed E-state index contributed by atoms with van der Waals surface area (Å²) >= 11 is 6.28. The number of rotatable bonds is 2. The van der Waals surface area contributed by atoms with Gasteiger partial charge >= 0.3 is 0 Å². The van der Waals surface area contributed by atoms with Crippen LogP contribution in [-0.4, -0.2) is 24.6 Å². The van der Waals surface area contributed by atoms with Crippen molar-refractivity contribution >= 4 is 51.2 Å². The van der Waals surface area contributed by atoms with E-state index in [0.29, 0.717) is 26.0 Å². The summed E-state index contributed by atoms with van der Waals surface area (Å²) in [6, 6.07) is 9.24. The maximum atomic E-state index is 13.1. The molecular weight excluding hydrogens is 380 g/mol. The van der Waals surface area contributed by atoms with E-state index in [0.717, 1.165) is 17.0 Å². The Labute approximate surface area is 164 Å². The minimum absolute atomic E-state index is 0.131. The maximum absolute atomic E-state index is 13.1. The molecular formula is C19H16N4O2S2. The van der Waals surface area contributed by atoms with Gasteiger partial charge in [-0.2, -0.15) is 4.68 Å². The third kappa shape index (κ3) is 2.90. The molecule has 2 aromatic heterocycles. The molecule has 0 unspecified atom stereocenters. The average Bonchev–Trinajstić information content (AvgIpc) is 3.07. The van der Waals surface area contributed by atoms with E-state index in [1.807, 2.05) is 49.7 Å². The molecule has 1 aromatic carbocycles. The predicted molar refractivity (Wildman–Crippen MR) is 112 cm³/mol. The lowest BCUT2D eigenvalue weighted by atomic mass is 10.2. The van der Waals surface area contributed by atoms with Crippen molar-refractivity contribution in [3.05, 3.63) is 68.4 Å². The van der Waals surface area contributed by atoms with E-state index in [4.69, 9.17) is 12.2 Å². The monoisotopic (exact) mass is 396 g/mol. The highest BCUT2D eigenvalue weighted by Crippen LogP contribution is 2.28. The van der Waals surface area contributed by atoms with E-state index in [1.165, 1.54) is 11.8 Å². The molecule has 0 saturated carbocycles. The molecule has 0 atom stereocenters. The predicted octanol–water partition coefficient (Wildman–Crippen LogP) is 2.92. The molecule has 0 aliphatic carbocycles. The third-order valence-corrected chi connectivity index (χ3v) is 5.64. The highest BCUT2D eigenvalue weighted by Gasteiger charge is 2.23. The summed E-state index contributed by atoms with van der Waals surface area (Å²) in [7, 11) is 0. The Morgan fingerprint density at radius 1 is 1.15 bits per heavy atom. The number of thiocarbonyl (C=S) groups is 1. The van der Waals surface area contributed by atoms with Crippen LogP contribution in [0.15, 0.2) is 40.0 Å². The highest BCUT2D eigenvalue weighted by molar-refractivity contribution is 8.26. The first-order valence-electron chi connectivity index (χ1n) is 8.29. The number of aromatic nitrogens is 3. The van der Waals surface area contributed by atoms with Gasteiger partial charge in [0.05, 0.1) is 15.8 Å². The first-order valence-corrected chi connectivity index (χ1v) is 9.52. The van der Waals surface area contributed by atoms with Gasteiger partial charge in [-0.25, -0.2) is 4.98 Å². The molecule has 1 N–H and O–H groups in total. The number of benzene rings is 1. The van der Waals surface area contributed by atoms with Crippen LogP contribution in [0.3, 0.4) is 0 Å². The van der Waals surface area contributed by atoms with Crippen molar-refractivity contribution in [2.75, 3.05) is 0 Å². The number of carbonyl (C=O) groups is 1. The van der Waals surface area contributed by atoms with Crippen LogP contribution in [0.4, 0.5) is 0 Å². The number of fused-ring (bicyclic) bond motifs is 1.